The van der Waals surface area contributed by atoms with Crippen molar-refractivity contribution in [3.05, 3.63) is 34.9 Å². The smallest absolute Gasteiger partial charge is 0.490 e. The molecule has 7 N–H and O–H groups in total. The number of nitrogens with two attached hydrogens (primary N) is 2. The number of carbonyl (C=O) groups excluding carboxylic acids is 1. The van der Waals surface area contributed by atoms with Gasteiger partial charge in [-0.1, -0.05) is 11.6 Å². The maximum Gasteiger partial charge on any atom is 0.490 e. The number of aliphatic hydroxyl groups excluding tert-OH is 1. The third-order valence-electron chi connectivity index (χ3n) is 6.12. The molecule has 0 spiro atoms. The predicted molar refractivity (Wildman–Crippen MR) is 135 cm³/mol. The number of hydrogen-bond acceptors (Lipinski definition) is 9. The number of carbonyl (C=O) groups is 2. The Morgan fingerprint density at radius 1 is 1.27 bits per heavy atom. The summed E-state index contributed by atoms with van der Waals surface area (Å²) in [5.74, 6) is -1.88. The standard InChI is InChI=1S/C21H26ClN7O4.C2HF3O2/c1-3-28-13-5-4-12(32-2)6-14(13)29(8-21(9-30)10-33-11-21)15(28)7-25-20(31)16-18(23)27-19(24)17(22)26-16;3-2(4,5)1(6)7/h4-6,30H,3,7-11H2,1-2H3,(H4-,23,24,25,27,31);(H,6,7)/p+1. The quantitative estimate of drug-likeness (QED) is 0.238. The fourth-order valence-electron chi connectivity index (χ4n) is 4.03. The van der Waals surface area contributed by atoms with Gasteiger partial charge in [-0.05, 0) is 19.1 Å². The summed E-state index contributed by atoms with van der Waals surface area (Å²) in [4.78, 5) is 29.6. The Bertz CT molecular complexity index is 1410. The molecule has 13 nitrogen and oxygen atoms in total. The first-order valence-corrected chi connectivity index (χ1v) is 12.1. The first-order chi connectivity index (χ1) is 18.8. The molecule has 1 saturated heterocycles. The van der Waals surface area contributed by atoms with Crippen molar-refractivity contribution in [1.82, 2.24) is 19.9 Å². The van der Waals surface area contributed by atoms with Gasteiger partial charge in [-0.15, -0.1) is 0 Å². The van der Waals surface area contributed by atoms with Gasteiger partial charge < -0.3 is 36.5 Å². The Morgan fingerprint density at radius 2 is 1.93 bits per heavy atom. The summed E-state index contributed by atoms with van der Waals surface area (Å²) in [6.07, 6.45) is -5.08. The second-order valence-corrected chi connectivity index (χ2v) is 9.23. The van der Waals surface area contributed by atoms with Crippen LogP contribution in [0.1, 0.15) is 23.2 Å². The van der Waals surface area contributed by atoms with E-state index in [-0.39, 0.29) is 41.0 Å². The van der Waals surface area contributed by atoms with E-state index in [2.05, 4.69) is 24.4 Å². The number of anilines is 2. The highest BCUT2D eigenvalue weighted by atomic mass is 35.5. The number of ether oxygens (including phenoxy) is 2. The maximum atomic E-state index is 12.8. The van der Waals surface area contributed by atoms with Crippen LogP contribution in [0.3, 0.4) is 0 Å². The number of aryl methyl sites for hydroxylation is 1. The topological polar surface area (TPSA) is 192 Å². The average Bonchev–Trinajstić information content (AvgIpc) is 3.17. The minimum Gasteiger partial charge on any atom is -0.497 e. The van der Waals surface area contributed by atoms with Crippen LogP contribution >= 0.6 is 11.6 Å². The van der Waals surface area contributed by atoms with Crippen LogP contribution in [0.2, 0.25) is 5.15 Å². The number of carboxylic acids is 1. The highest BCUT2D eigenvalue weighted by Crippen LogP contribution is 2.32. The fourth-order valence-corrected chi connectivity index (χ4v) is 4.16. The highest BCUT2D eigenvalue weighted by molar-refractivity contribution is 6.31. The van der Waals surface area contributed by atoms with Gasteiger partial charge in [0.05, 0.1) is 38.9 Å². The van der Waals surface area contributed by atoms with Crippen molar-refractivity contribution < 1.29 is 47.0 Å². The largest absolute Gasteiger partial charge is 0.497 e. The van der Waals surface area contributed by atoms with Crippen LogP contribution in [-0.4, -0.2) is 69.7 Å². The first kappa shape index (κ1) is 30.6. The molecule has 4 rings (SSSR count). The van der Waals surface area contributed by atoms with E-state index in [4.69, 9.17) is 42.4 Å². The lowest BCUT2D eigenvalue weighted by atomic mass is 9.87. The molecule has 3 heterocycles. The van der Waals surface area contributed by atoms with Crippen LogP contribution in [-0.2, 0) is 29.2 Å². The van der Waals surface area contributed by atoms with Crippen molar-refractivity contribution >= 4 is 46.1 Å². The number of nitrogen functional groups attached to an aromatic ring is 2. The number of alkyl halides is 3. The molecule has 0 unspecified atom stereocenters. The molecule has 0 bridgehead atoms. The van der Waals surface area contributed by atoms with Crippen molar-refractivity contribution in [2.75, 3.05) is 38.4 Å². The van der Waals surface area contributed by atoms with E-state index in [0.29, 0.717) is 32.1 Å². The number of carboxylic acid groups (broad SMARTS) is 1. The summed E-state index contributed by atoms with van der Waals surface area (Å²) in [5, 5.41) is 19.9. The van der Waals surface area contributed by atoms with Gasteiger partial charge in [-0.2, -0.15) is 13.2 Å². The van der Waals surface area contributed by atoms with Crippen molar-refractivity contribution in [3.8, 4) is 5.75 Å². The second-order valence-electron chi connectivity index (χ2n) is 8.87. The van der Waals surface area contributed by atoms with Crippen LogP contribution in [0.25, 0.3) is 11.0 Å². The summed E-state index contributed by atoms with van der Waals surface area (Å²) in [6, 6.07) is 5.81. The number of aliphatic hydroxyl groups is 1. The Morgan fingerprint density at radius 3 is 2.42 bits per heavy atom. The van der Waals surface area contributed by atoms with E-state index in [1.807, 2.05) is 25.1 Å². The van der Waals surface area contributed by atoms with Crippen LogP contribution in [0.4, 0.5) is 24.8 Å². The molecule has 1 aliphatic heterocycles. The van der Waals surface area contributed by atoms with E-state index < -0.39 is 18.1 Å². The van der Waals surface area contributed by atoms with Crippen LogP contribution in [0, 0.1) is 5.41 Å². The molecule has 40 heavy (non-hydrogen) atoms. The Balaban J connectivity index is 0.000000559. The molecule has 1 aromatic carbocycles. The summed E-state index contributed by atoms with van der Waals surface area (Å²) in [6.45, 7) is 4.29. The van der Waals surface area contributed by atoms with Gasteiger partial charge >= 0.3 is 12.1 Å². The van der Waals surface area contributed by atoms with Crippen molar-refractivity contribution in [3.63, 3.8) is 0 Å². The van der Waals surface area contributed by atoms with Gasteiger partial charge in [0.15, 0.2) is 33.5 Å². The SMILES string of the molecule is CC[n+]1c(CNC(=O)c2nc(Cl)c(N)nc2N)n(CC2(CO)COC2)c2cc(OC)ccc21.O=C(O)C(F)(F)F. The average molecular weight is 591 g/mol. The molecule has 1 aliphatic rings. The lowest BCUT2D eigenvalue weighted by Gasteiger charge is -2.38. The van der Waals surface area contributed by atoms with E-state index in [0.717, 1.165) is 16.9 Å². The minimum atomic E-state index is -5.08. The summed E-state index contributed by atoms with van der Waals surface area (Å²) >= 11 is 5.92. The van der Waals surface area contributed by atoms with Crippen LogP contribution in [0.15, 0.2) is 18.2 Å². The molecule has 3 aromatic rings. The number of nitrogens with one attached hydrogen (secondary N) is 1. The van der Waals surface area contributed by atoms with Crippen molar-refractivity contribution in [2.45, 2.75) is 32.7 Å². The molecule has 1 amide bonds. The minimum absolute atomic E-state index is 0.00930. The number of amides is 1. The van der Waals surface area contributed by atoms with E-state index in [1.165, 1.54) is 0 Å². The highest BCUT2D eigenvalue weighted by Gasteiger charge is 2.42. The number of methoxy groups -OCH3 is 1. The molecule has 0 atom stereocenters. The van der Waals surface area contributed by atoms with Gasteiger partial charge in [0.1, 0.15) is 18.8 Å². The molecule has 0 saturated carbocycles. The van der Waals surface area contributed by atoms with Gasteiger partial charge in [0.2, 0.25) is 0 Å². The van der Waals surface area contributed by atoms with E-state index >= 15 is 0 Å². The summed E-state index contributed by atoms with van der Waals surface area (Å²) in [5.41, 5.74) is 12.8. The third-order valence-corrected chi connectivity index (χ3v) is 6.40. The molecule has 1 fully saturated rings. The van der Waals surface area contributed by atoms with Crippen LogP contribution in [0.5, 0.6) is 5.75 Å². The number of aromatic nitrogens is 4. The maximum absolute atomic E-state index is 12.8. The Labute approximate surface area is 230 Å². The molecule has 17 heteroatoms. The van der Waals surface area contributed by atoms with Gasteiger partial charge in [-0.25, -0.2) is 23.9 Å². The number of halogens is 4. The number of imidazole rings is 1. The lowest BCUT2D eigenvalue weighted by molar-refractivity contribution is -0.676. The number of rotatable bonds is 8. The zero-order valence-corrected chi connectivity index (χ0v) is 22.2. The number of hydrogen-bond donors (Lipinski definition) is 5. The monoisotopic (exact) mass is 590 g/mol. The lowest BCUT2D eigenvalue weighted by Crippen LogP contribution is -2.50. The fraction of sp³-hybridized carbons (Fsp3) is 0.435. The zero-order valence-electron chi connectivity index (χ0n) is 21.5. The number of benzene rings is 1. The molecular weight excluding hydrogens is 563 g/mol. The first-order valence-electron chi connectivity index (χ1n) is 11.7. The molecule has 0 radical (unpaired) electrons. The molecule has 218 valence electrons. The Hall–Kier alpha value is -3.89. The van der Waals surface area contributed by atoms with Gasteiger partial charge in [-0.3, -0.25) is 4.79 Å². The van der Waals surface area contributed by atoms with E-state index in [1.54, 1.807) is 7.11 Å². The number of aliphatic carboxylic acids is 1. The van der Waals surface area contributed by atoms with Crippen LogP contribution < -0.4 is 26.1 Å². The normalized spacial score (nSPS) is 14.2. The Kier molecular flexibility index (Phi) is 9.27. The summed E-state index contributed by atoms with van der Waals surface area (Å²) in [7, 11) is 1.61. The molecule has 0 aliphatic carbocycles. The third kappa shape index (κ3) is 6.46. The van der Waals surface area contributed by atoms with E-state index in [9.17, 15) is 23.1 Å². The van der Waals surface area contributed by atoms with Gasteiger partial charge in [0, 0.05) is 6.07 Å². The zero-order chi connectivity index (χ0) is 29.8. The van der Waals surface area contributed by atoms with Crippen molar-refractivity contribution in [1.29, 1.82) is 0 Å². The molecule has 2 aromatic heterocycles. The molecular formula is C23H28ClF3N7O6+. The second kappa shape index (κ2) is 12.1. The summed E-state index contributed by atoms with van der Waals surface area (Å²) < 4.78 is 46.8. The number of nitrogens with zero attached hydrogens (tertiary/aromatic N) is 4. The van der Waals surface area contributed by atoms with Crippen molar-refractivity contribution in [2.24, 2.45) is 5.41 Å². The predicted octanol–water partition coefficient (Wildman–Crippen LogP) is 1.14. The van der Waals surface area contributed by atoms with Gasteiger partial charge in [0.25, 0.3) is 11.7 Å². The number of fused-ring (bicyclic) bond motifs is 1.